The normalized spacial score (nSPS) is 10.3. The standard InChI is InChI=1S/C10H11N5O3/c1-2-5-4-11-15-8(5)14-9(17)6-3-7(16)13-10(18)12-6/h3-4H,2H2,1H3,(H2,11,14,15,17)(H2,12,13,16,18). The summed E-state index contributed by atoms with van der Waals surface area (Å²) in [6.07, 6.45) is 2.29. The van der Waals surface area contributed by atoms with Crippen LogP contribution in [0.1, 0.15) is 23.0 Å². The van der Waals surface area contributed by atoms with Crippen LogP contribution in [0.15, 0.2) is 21.9 Å². The van der Waals surface area contributed by atoms with E-state index in [2.05, 4.69) is 20.5 Å². The summed E-state index contributed by atoms with van der Waals surface area (Å²) in [5.41, 5.74) is -0.645. The molecular formula is C10H11N5O3. The average molecular weight is 249 g/mol. The second-order valence-corrected chi connectivity index (χ2v) is 3.58. The van der Waals surface area contributed by atoms with Gasteiger partial charge < -0.3 is 10.3 Å². The molecule has 18 heavy (non-hydrogen) atoms. The van der Waals surface area contributed by atoms with Crippen LogP contribution >= 0.6 is 0 Å². The molecule has 0 bridgehead atoms. The summed E-state index contributed by atoms with van der Waals surface area (Å²) in [4.78, 5) is 38.1. The predicted molar refractivity (Wildman–Crippen MR) is 63.6 cm³/mol. The van der Waals surface area contributed by atoms with Gasteiger partial charge in [0.25, 0.3) is 11.5 Å². The lowest BCUT2D eigenvalue weighted by Gasteiger charge is -2.03. The SMILES string of the molecule is CCc1cn[nH]c1NC(=O)c1cc(=O)[nH]c(=O)[nH]1. The summed E-state index contributed by atoms with van der Waals surface area (Å²) in [5.74, 6) is -0.138. The maximum absolute atomic E-state index is 11.8. The number of H-pyrrole nitrogens is 3. The summed E-state index contributed by atoms with van der Waals surface area (Å²) >= 11 is 0. The average Bonchev–Trinajstić information content (AvgIpc) is 2.75. The Morgan fingerprint density at radius 3 is 2.83 bits per heavy atom. The highest BCUT2D eigenvalue weighted by Crippen LogP contribution is 2.11. The van der Waals surface area contributed by atoms with Gasteiger partial charge >= 0.3 is 5.69 Å². The van der Waals surface area contributed by atoms with E-state index in [0.717, 1.165) is 11.6 Å². The lowest BCUT2D eigenvalue weighted by atomic mass is 10.2. The number of nitrogens with zero attached hydrogens (tertiary/aromatic N) is 1. The molecule has 0 fully saturated rings. The van der Waals surface area contributed by atoms with Crippen LogP contribution in [0.4, 0.5) is 5.82 Å². The number of aryl methyl sites for hydroxylation is 1. The zero-order valence-electron chi connectivity index (χ0n) is 9.53. The van der Waals surface area contributed by atoms with Crippen molar-refractivity contribution in [3.63, 3.8) is 0 Å². The molecule has 0 atom stereocenters. The Bertz CT molecular complexity index is 653. The van der Waals surface area contributed by atoms with Gasteiger partial charge in [-0.25, -0.2) is 4.79 Å². The minimum Gasteiger partial charge on any atom is -0.305 e. The molecule has 0 aliphatic carbocycles. The number of amides is 1. The molecule has 0 spiro atoms. The van der Waals surface area contributed by atoms with E-state index in [4.69, 9.17) is 0 Å². The Kier molecular flexibility index (Phi) is 3.09. The Hall–Kier alpha value is -2.64. The van der Waals surface area contributed by atoms with Gasteiger partial charge in [0.1, 0.15) is 11.5 Å². The zero-order chi connectivity index (χ0) is 13.1. The molecule has 1 amide bonds. The highest BCUT2D eigenvalue weighted by atomic mass is 16.2. The molecule has 2 aromatic heterocycles. The van der Waals surface area contributed by atoms with Crippen molar-refractivity contribution in [2.45, 2.75) is 13.3 Å². The van der Waals surface area contributed by atoms with Crippen LogP contribution in [0, 0.1) is 0 Å². The maximum Gasteiger partial charge on any atom is 0.326 e. The molecule has 0 radical (unpaired) electrons. The van der Waals surface area contributed by atoms with Crippen molar-refractivity contribution in [3.05, 3.63) is 44.4 Å². The quantitative estimate of drug-likeness (QED) is 0.590. The van der Waals surface area contributed by atoms with E-state index in [-0.39, 0.29) is 5.69 Å². The molecule has 0 saturated carbocycles. The largest absolute Gasteiger partial charge is 0.326 e. The van der Waals surface area contributed by atoms with Crippen molar-refractivity contribution in [2.24, 2.45) is 0 Å². The predicted octanol–water partition coefficient (Wildman–Crippen LogP) is -0.399. The van der Waals surface area contributed by atoms with Gasteiger partial charge in [-0.05, 0) is 6.42 Å². The van der Waals surface area contributed by atoms with E-state index in [9.17, 15) is 14.4 Å². The summed E-state index contributed by atoms with van der Waals surface area (Å²) in [7, 11) is 0. The third-order valence-corrected chi connectivity index (χ3v) is 2.34. The van der Waals surface area contributed by atoms with Crippen molar-refractivity contribution >= 4 is 11.7 Å². The molecule has 0 saturated heterocycles. The van der Waals surface area contributed by atoms with Crippen molar-refractivity contribution in [1.82, 2.24) is 20.2 Å². The highest BCUT2D eigenvalue weighted by Gasteiger charge is 2.11. The Balaban J connectivity index is 2.27. The van der Waals surface area contributed by atoms with Gasteiger partial charge in [0.15, 0.2) is 0 Å². The number of rotatable bonds is 3. The first-order chi connectivity index (χ1) is 8.60. The van der Waals surface area contributed by atoms with Gasteiger partial charge in [0, 0.05) is 11.6 Å². The Labute approximate surface area is 100 Å². The molecule has 0 unspecified atom stereocenters. The summed E-state index contributed by atoms with van der Waals surface area (Å²) in [5, 5.41) is 8.95. The molecule has 0 aromatic carbocycles. The number of anilines is 1. The smallest absolute Gasteiger partial charge is 0.305 e. The number of nitrogens with one attached hydrogen (secondary N) is 4. The van der Waals surface area contributed by atoms with E-state index >= 15 is 0 Å². The van der Waals surface area contributed by atoms with Crippen molar-refractivity contribution < 1.29 is 4.79 Å². The van der Waals surface area contributed by atoms with Crippen LogP contribution in [-0.2, 0) is 6.42 Å². The number of hydrogen-bond donors (Lipinski definition) is 4. The van der Waals surface area contributed by atoms with Crippen LogP contribution in [0.3, 0.4) is 0 Å². The van der Waals surface area contributed by atoms with E-state index in [0.29, 0.717) is 12.2 Å². The molecule has 8 nitrogen and oxygen atoms in total. The van der Waals surface area contributed by atoms with Gasteiger partial charge in [0.05, 0.1) is 6.20 Å². The first-order valence-electron chi connectivity index (χ1n) is 5.27. The van der Waals surface area contributed by atoms with E-state index in [1.54, 1.807) is 6.20 Å². The minimum atomic E-state index is -0.729. The van der Waals surface area contributed by atoms with Crippen molar-refractivity contribution in [2.75, 3.05) is 5.32 Å². The topological polar surface area (TPSA) is 123 Å². The second-order valence-electron chi connectivity index (χ2n) is 3.58. The first-order valence-corrected chi connectivity index (χ1v) is 5.27. The molecule has 8 heteroatoms. The van der Waals surface area contributed by atoms with Gasteiger partial charge in [-0.3, -0.25) is 19.7 Å². The molecule has 0 aliphatic heterocycles. The van der Waals surface area contributed by atoms with Crippen LogP contribution in [0.5, 0.6) is 0 Å². The second kappa shape index (κ2) is 4.70. The van der Waals surface area contributed by atoms with E-state index in [1.807, 2.05) is 11.9 Å². The molecule has 2 heterocycles. The maximum atomic E-state index is 11.8. The fourth-order valence-corrected chi connectivity index (χ4v) is 1.46. The molecule has 2 rings (SSSR count). The summed E-state index contributed by atoms with van der Waals surface area (Å²) in [6, 6.07) is 1.01. The van der Waals surface area contributed by atoms with Crippen LogP contribution < -0.4 is 16.6 Å². The Morgan fingerprint density at radius 1 is 1.39 bits per heavy atom. The number of aromatic nitrogens is 4. The zero-order valence-corrected chi connectivity index (χ0v) is 9.53. The van der Waals surface area contributed by atoms with Crippen LogP contribution in [0.25, 0.3) is 0 Å². The lowest BCUT2D eigenvalue weighted by molar-refractivity contribution is 0.102. The molecule has 2 aromatic rings. The molecule has 0 aliphatic rings. The third kappa shape index (κ3) is 2.37. The number of carbonyl (C=O) groups is 1. The first kappa shape index (κ1) is 11.8. The minimum absolute atomic E-state index is 0.111. The molecule has 94 valence electrons. The number of aromatic amines is 3. The number of hydrogen-bond acceptors (Lipinski definition) is 4. The monoisotopic (exact) mass is 249 g/mol. The van der Waals surface area contributed by atoms with Crippen LogP contribution in [0.2, 0.25) is 0 Å². The van der Waals surface area contributed by atoms with Gasteiger partial charge in [-0.15, -0.1) is 0 Å². The van der Waals surface area contributed by atoms with E-state index < -0.39 is 17.2 Å². The Morgan fingerprint density at radius 2 is 2.17 bits per heavy atom. The van der Waals surface area contributed by atoms with Gasteiger partial charge in [0.2, 0.25) is 0 Å². The number of carbonyl (C=O) groups excluding carboxylic acids is 1. The fraction of sp³-hybridized carbons (Fsp3) is 0.200. The highest BCUT2D eigenvalue weighted by molar-refractivity contribution is 6.02. The van der Waals surface area contributed by atoms with Gasteiger partial charge in [-0.2, -0.15) is 5.10 Å². The van der Waals surface area contributed by atoms with E-state index in [1.165, 1.54) is 0 Å². The summed E-state index contributed by atoms with van der Waals surface area (Å²) < 4.78 is 0. The fourth-order valence-electron chi connectivity index (χ4n) is 1.46. The molecule has 4 N–H and O–H groups in total. The van der Waals surface area contributed by atoms with Crippen LogP contribution in [-0.4, -0.2) is 26.1 Å². The van der Waals surface area contributed by atoms with Crippen molar-refractivity contribution in [3.8, 4) is 0 Å². The summed E-state index contributed by atoms with van der Waals surface area (Å²) in [6.45, 7) is 1.91. The molecular weight excluding hydrogens is 238 g/mol. The van der Waals surface area contributed by atoms with Crippen molar-refractivity contribution in [1.29, 1.82) is 0 Å². The lowest BCUT2D eigenvalue weighted by Crippen LogP contribution is -2.27. The third-order valence-electron chi connectivity index (χ3n) is 2.34. The van der Waals surface area contributed by atoms with Gasteiger partial charge in [-0.1, -0.05) is 6.92 Å².